The fourth-order valence-electron chi connectivity index (χ4n) is 2.71. The van der Waals surface area contributed by atoms with E-state index >= 15 is 0 Å². The summed E-state index contributed by atoms with van der Waals surface area (Å²) in [4.78, 5) is 14.5. The molecule has 0 saturated carbocycles. The maximum Gasteiger partial charge on any atom is 0.287 e. The van der Waals surface area contributed by atoms with Gasteiger partial charge in [0, 0.05) is 25.0 Å². The average Bonchev–Trinajstić information content (AvgIpc) is 3.01. The number of fused-ring (bicyclic) bond motifs is 1. The van der Waals surface area contributed by atoms with Crippen LogP contribution in [0.1, 0.15) is 23.4 Å². The second-order valence-corrected chi connectivity index (χ2v) is 6.54. The maximum absolute atomic E-state index is 12.1. The molecule has 0 aliphatic carbocycles. The Morgan fingerprint density at radius 3 is 2.87 bits per heavy atom. The van der Waals surface area contributed by atoms with Crippen molar-refractivity contribution in [2.24, 2.45) is 0 Å². The van der Waals surface area contributed by atoms with Gasteiger partial charge in [-0.2, -0.15) is 0 Å². The number of ether oxygens (including phenoxy) is 1. The molecule has 5 nitrogen and oxygen atoms in total. The summed E-state index contributed by atoms with van der Waals surface area (Å²) in [5.41, 5.74) is 0.713. The number of furan rings is 1. The highest BCUT2D eigenvalue weighted by Crippen LogP contribution is 2.26. The quantitative estimate of drug-likeness (QED) is 0.782. The highest BCUT2D eigenvalue weighted by Gasteiger charge is 2.13. The van der Waals surface area contributed by atoms with Crippen LogP contribution in [-0.2, 0) is 4.74 Å². The number of amides is 1. The van der Waals surface area contributed by atoms with Crippen molar-refractivity contribution in [2.45, 2.75) is 12.8 Å². The number of benzene rings is 1. The first-order chi connectivity index (χ1) is 11.2. The van der Waals surface area contributed by atoms with E-state index in [9.17, 15) is 4.79 Å². The smallest absolute Gasteiger partial charge is 0.287 e. The predicted molar refractivity (Wildman–Crippen MR) is 92.7 cm³/mol. The second-order valence-electron chi connectivity index (χ2n) is 5.69. The molecule has 124 valence electrons. The van der Waals surface area contributed by atoms with Gasteiger partial charge in [-0.25, -0.2) is 0 Å². The molecule has 0 atom stereocenters. The molecule has 1 aromatic heterocycles. The summed E-state index contributed by atoms with van der Waals surface area (Å²) in [6.45, 7) is 5.43. The Balaban J connectivity index is 1.42. The minimum atomic E-state index is -0.153. The molecule has 1 N–H and O–H groups in total. The molecule has 1 fully saturated rings. The molecule has 2 aromatic rings. The summed E-state index contributed by atoms with van der Waals surface area (Å²) in [6, 6.07) is 7.54. The number of nitrogens with one attached hydrogen (secondary N) is 1. The van der Waals surface area contributed by atoms with E-state index in [4.69, 9.17) is 9.15 Å². The highest BCUT2D eigenvalue weighted by atomic mass is 79.9. The van der Waals surface area contributed by atoms with E-state index in [0.29, 0.717) is 17.9 Å². The number of halogens is 1. The molecule has 1 aromatic carbocycles. The summed E-state index contributed by atoms with van der Waals surface area (Å²) >= 11 is 3.43. The number of unbranched alkanes of at least 4 members (excludes halogenated alkanes) is 1. The van der Waals surface area contributed by atoms with Crippen LogP contribution in [0.15, 0.2) is 33.2 Å². The van der Waals surface area contributed by atoms with Crippen LogP contribution in [0.2, 0.25) is 0 Å². The van der Waals surface area contributed by atoms with E-state index in [1.165, 1.54) is 0 Å². The lowest BCUT2D eigenvalue weighted by molar-refractivity contribution is 0.0372. The van der Waals surface area contributed by atoms with E-state index in [1.807, 2.05) is 18.2 Å². The Bertz CT molecular complexity index is 665. The zero-order chi connectivity index (χ0) is 16.1. The molecule has 0 bridgehead atoms. The van der Waals surface area contributed by atoms with Crippen molar-refractivity contribution >= 4 is 32.8 Å². The highest BCUT2D eigenvalue weighted by molar-refractivity contribution is 9.10. The first-order valence-electron chi connectivity index (χ1n) is 8.00. The average molecular weight is 381 g/mol. The Morgan fingerprint density at radius 1 is 1.26 bits per heavy atom. The molecule has 0 spiro atoms. The van der Waals surface area contributed by atoms with Crippen LogP contribution >= 0.6 is 15.9 Å². The van der Waals surface area contributed by atoms with Gasteiger partial charge in [-0.1, -0.05) is 12.1 Å². The third kappa shape index (κ3) is 4.34. The van der Waals surface area contributed by atoms with E-state index in [0.717, 1.165) is 55.5 Å². The SMILES string of the molecule is O=C(NCCCCN1CCOCC1)c1cc2cccc(Br)c2o1. The van der Waals surface area contributed by atoms with Gasteiger partial charge in [-0.05, 0) is 47.4 Å². The fraction of sp³-hybridized carbons (Fsp3) is 0.471. The zero-order valence-electron chi connectivity index (χ0n) is 13.0. The minimum Gasteiger partial charge on any atom is -0.450 e. The second kappa shape index (κ2) is 7.95. The maximum atomic E-state index is 12.1. The van der Waals surface area contributed by atoms with Gasteiger partial charge >= 0.3 is 0 Å². The molecular weight excluding hydrogens is 360 g/mol. The van der Waals surface area contributed by atoms with Gasteiger partial charge in [-0.3, -0.25) is 9.69 Å². The topological polar surface area (TPSA) is 54.7 Å². The van der Waals surface area contributed by atoms with Gasteiger partial charge in [-0.15, -0.1) is 0 Å². The lowest BCUT2D eigenvalue weighted by atomic mass is 10.2. The van der Waals surface area contributed by atoms with Crippen molar-refractivity contribution in [1.82, 2.24) is 10.2 Å². The number of para-hydroxylation sites is 1. The first kappa shape index (κ1) is 16.5. The van der Waals surface area contributed by atoms with Crippen molar-refractivity contribution in [1.29, 1.82) is 0 Å². The van der Waals surface area contributed by atoms with Crippen LogP contribution in [0.3, 0.4) is 0 Å². The number of carbonyl (C=O) groups excluding carboxylic acids is 1. The van der Waals surface area contributed by atoms with Gasteiger partial charge in [0.15, 0.2) is 5.76 Å². The van der Waals surface area contributed by atoms with E-state index < -0.39 is 0 Å². The number of carbonyl (C=O) groups is 1. The molecule has 0 unspecified atom stereocenters. The van der Waals surface area contributed by atoms with E-state index in [-0.39, 0.29) is 5.91 Å². The van der Waals surface area contributed by atoms with Crippen LogP contribution in [0.25, 0.3) is 11.0 Å². The normalized spacial score (nSPS) is 15.9. The molecule has 1 amide bonds. The lowest BCUT2D eigenvalue weighted by Gasteiger charge is -2.26. The van der Waals surface area contributed by atoms with Crippen molar-refractivity contribution < 1.29 is 13.9 Å². The summed E-state index contributed by atoms with van der Waals surface area (Å²) < 4.78 is 11.8. The molecule has 0 radical (unpaired) electrons. The molecule has 1 aliphatic rings. The van der Waals surface area contributed by atoms with Gasteiger partial charge in [0.25, 0.3) is 5.91 Å². The summed E-state index contributed by atoms with van der Waals surface area (Å²) in [7, 11) is 0. The molecule has 1 saturated heterocycles. The molecular formula is C17H21BrN2O3. The van der Waals surface area contributed by atoms with Crippen molar-refractivity contribution in [2.75, 3.05) is 39.4 Å². The van der Waals surface area contributed by atoms with Crippen LogP contribution in [0, 0.1) is 0 Å². The van der Waals surface area contributed by atoms with Crippen LogP contribution in [0.5, 0.6) is 0 Å². The Labute approximate surface area is 144 Å². The molecule has 1 aliphatic heterocycles. The summed E-state index contributed by atoms with van der Waals surface area (Å²) in [5.74, 6) is 0.208. The number of hydrogen-bond acceptors (Lipinski definition) is 4. The third-order valence-corrected chi connectivity index (χ3v) is 4.63. The van der Waals surface area contributed by atoms with Crippen molar-refractivity contribution in [3.8, 4) is 0 Å². The largest absolute Gasteiger partial charge is 0.450 e. The van der Waals surface area contributed by atoms with Gasteiger partial charge in [0.05, 0.1) is 17.7 Å². The number of morpholine rings is 1. The zero-order valence-corrected chi connectivity index (χ0v) is 14.6. The number of rotatable bonds is 6. The number of hydrogen-bond donors (Lipinski definition) is 1. The van der Waals surface area contributed by atoms with Gasteiger partial charge in [0.2, 0.25) is 0 Å². The molecule has 2 heterocycles. The van der Waals surface area contributed by atoms with Crippen molar-refractivity contribution in [3.05, 3.63) is 34.5 Å². The predicted octanol–water partition coefficient (Wildman–Crippen LogP) is 3.04. The monoisotopic (exact) mass is 380 g/mol. The van der Waals surface area contributed by atoms with E-state index in [1.54, 1.807) is 6.07 Å². The molecule has 23 heavy (non-hydrogen) atoms. The minimum absolute atomic E-state index is 0.153. The third-order valence-electron chi connectivity index (χ3n) is 4.01. The van der Waals surface area contributed by atoms with E-state index in [2.05, 4.69) is 26.1 Å². The Hall–Kier alpha value is -1.37. The number of nitrogens with zero attached hydrogens (tertiary/aromatic N) is 1. The first-order valence-corrected chi connectivity index (χ1v) is 8.80. The summed E-state index contributed by atoms with van der Waals surface area (Å²) in [5, 5.41) is 3.85. The fourth-order valence-corrected chi connectivity index (χ4v) is 3.18. The standard InChI is InChI=1S/C17H21BrN2O3/c18-14-5-3-4-13-12-15(23-16(13)14)17(21)19-6-1-2-7-20-8-10-22-11-9-20/h3-5,12H,1-2,6-11H2,(H,19,21). The van der Waals surface area contributed by atoms with Crippen LogP contribution in [0.4, 0.5) is 0 Å². The van der Waals surface area contributed by atoms with Gasteiger partial charge < -0.3 is 14.5 Å². The molecule has 6 heteroatoms. The van der Waals surface area contributed by atoms with Crippen LogP contribution in [-0.4, -0.2) is 50.2 Å². The van der Waals surface area contributed by atoms with Gasteiger partial charge in [0.1, 0.15) is 5.58 Å². The van der Waals surface area contributed by atoms with Crippen LogP contribution < -0.4 is 5.32 Å². The van der Waals surface area contributed by atoms with Crippen molar-refractivity contribution in [3.63, 3.8) is 0 Å². The summed E-state index contributed by atoms with van der Waals surface area (Å²) in [6.07, 6.45) is 2.04. The Morgan fingerprint density at radius 2 is 2.09 bits per heavy atom. The lowest BCUT2D eigenvalue weighted by Crippen LogP contribution is -2.37. The molecule has 3 rings (SSSR count). The Kier molecular flexibility index (Phi) is 5.70.